The smallest absolute Gasteiger partial charge is 0.260 e. The lowest BCUT2D eigenvalue weighted by Gasteiger charge is -2.12. The molecule has 0 saturated carbocycles. The molecule has 0 aliphatic rings. The van der Waals surface area contributed by atoms with Gasteiger partial charge in [-0.3, -0.25) is 4.79 Å². The highest BCUT2D eigenvalue weighted by Crippen LogP contribution is 2.28. The van der Waals surface area contributed by atoms with Crippen LogP contribution >= 0.6 is 11.6 Å². The number of rotatable bonds is 6. The Balaban J connectivity index is 1.54. The van der Waals surface area contributed by atoms with Gasteiger partial charge in [0.2, 0.25) is 0 Å². The Morgan fingerprint density at radius 3 is 2.54 bits per heavy atom. The zero-order valence-corrected chi connectivity index (χ0v) is 19.8. The molecule has 3 aromatic heterocycles. The Bertz CT molecular complexity index is 1540. The van der Waals surface area contributed by atoms with Gasteiger partial charge in [0.25, 0.3) is 5.91 Å². The highest BCUT2D eigenvalue weighted by molar-refractivity contribution is 6.30. The number of methoxy groups -OCH3 is 2. The van der Waals surface area contributed by atoms with Gasteiger partial charge in [-0.15, -0.1) is 0 Å². The van der Waals surface area contributed by atoms with E-state index in [1.165, 1.54) is 13.4 Å². The largest absolute Gasteiger partial charge is 0.497 e. The number of fused-ring (bicyclic) bond motifs is 1. The van der Waals surface area contributed by atoms with Gasteiger partial charge < -0.3 is 14.8 Å². The first kappa shape index (κ1) is 22.4. The summed E-state index contributed by atoms with van der Waals surface area (Å²) >= 11 is 6.02. The summed E-state index contributed by atoms with van der Waals surface area (Å²) in [5.74, 6) is 1.51. The summed E-state index contributed by atoms with van der Waals surface area (Å²) in [6, 6.07) is 14.0. The van der Waals surface area contributed by atoms with E-state index >= 15 is 0 Å². The molecule has 0 atom stereocenters. The Morgan fingerprint density at radius 1 is 1.00 bits per heavy atom. The molecule has 35 heavy (non-hydrogen) atoms. The van der Waals surface area contributed by atoms with Gasteiger partial charge in [0.15, 0.2) is 11.5 Å². The van der Waals surface area contributed by atoms with Gasteiger partial charge in [0, 0.05) is 17.2 Å². The number of aryl methyl sites for hydroxylation is 1. The summed E-state index contributed by atoms with van der Waals surface area (Å²) in [5.41, 5.74) is 2.42. The van der Waals surface area contributed by atoms with Gasteiger partial charge in [0.1, 0.15) is 23.6 Å². The number of aromatic nitrogens is 6. The Hall–Kier alpha value is -4.44. The van der Waals surface area contributed by atoms with Crippen LogP contribution in [0.4, 0.5) is 5.82 Å². The van der Waals surface area contributed by atoms with Crippen LogP contribution in [0.25, 0.3) is 22.5 Å². The van der Waals surface area contributed by atoms with Crippen molar-refractivity contribution in [1.82, 2.24) is 29.5 Å². The second-order valence-corrected chi connectivity index (χ2v) is 8.01. The van der Waals surface area contributed by atoms with Crippen molar-refractivity contribution < 1.29 is 14.3 Å². The summed E-state index contributed by atoms with van der Waals surface area (Å²) in [7, 11) is 3.04. The van der Waals surface area contributed by atoms with Gasteiger partial charge >= 0.3 is 0 Å². The fourth-order valence-electron chi connectivity index (χ4n) is 3.69. The minimum Gasteiger partial charge on any atom is -0.497 e. The number of ether oxygens (including phenoxy) is 2. The predicted molar refractivity (Wildman–Crippen MR) is 131 cm³/mol. The molecule has 0 fully saturated rings. The molecule has 176 valence electrons. The number of anilines is 1. The van der Waals surface area contributed by atoms with Crippen molar-refractivity contribution in [3.63, 3.8) is 0 Å². The summed E-state index contributed by atoms with van der Waals surface area (Å²) in [5, 5.41) is 13.2. The Kier molecular flexibility index (Phi) is 5.79. The van der Waals surface area contributed by atoms with Crippen LogP contribution in [0.2, 0.25) is 5.02 Å². The molecule has 1 amide bonds. The maximum Gasteiger partial charge on any atom is 0.260 e. The minimum atomic E-state index is -0.368. The van der Waals surface area contributed by atoms with Crippen molar-refractivity contribution in [2.24, 2.45) is 0 Å². The van der Waals surface area contributed by atoms with E-state index in [9.17, 15) is 4.79 Å². The predicted octanol–water partition coefficient (Wildman–Crippen LogP) is 4.23. The van der Waals surface area contributed by atoms with Crippen LogP contribution in [0, 0.1) is 6.92 Å². The molecule has 0 unspecified atom stereocenters. The van der Waals surface area contributed by atoms with E-state index in [1.807, 2.05) is 19.1 Å². The maximum absolute atomic E-state index is 13.1. The van der Waals surface area contributed by atoms with E-state index in [2.05, 4.69) is 25.5 Å². The second-order valence-electron chi connectivity index (χ2n) is 7.57. The van der Waals surface area contributed by atoms with Gasteiger partial charge in [-0.2, -0.15) is 14.9 Å². The summed E-state index contributed by atoms with van der Waals surface area (Å²) < 4.78 is 13.8. The summed E-state index contributed by atoms with van der Waals surface area (Å²) in [6.45, 7) is 1.83. The van der Waals surface area contributed by atoms with Crippen molar-refractivity contribution in [3.8, 4) is 23.0 Å². The number of nitrogens with zero attached hydrogens (tertiary/aromatic N) is 6. The van der Waals surface area contributed by atoms with Crippen molar-refractivity contribution in [2.75, 3.05) is 19.5 Å². The molecular formula is C24H20ClN7O3. The topological polar surface area (TPSA) is 109 Å². The Morgan fingerprint density at radius 2 is 1.80 bits per heavy atom. The van der Waals surface area contributed by atoms with E-state index in [4.69, 9.17) is 21.1 Å². The molecule has 5 aromatic rings. The number of halogens is 1. The zero-order valence-electron chi connectivity index (χ0n) is 19.1. The SMILES string of the molecule is COc1ccc(C(=O)Nc2cc(C)nn2-c2ncnc3c2cnn3-c2ccc(Cl)cc2)c(OC)c1. The van der Waals surface area contributed by atoms with Crippen LogP contribution in [0.1, 0.15) is 16.1 Å². The van der Waals surface area contributed by atoms with Crippen LogP contribution in [-0.2, 0) is 0 Å². The lowest BCUT2D eigenvalue weighted by molar-refractivity contribution is 0.102. The average Bonchev–Trinajstić information content (AvgIpc) is 3.47. The number of carbonyl (C=O) groups is 1. The number of nitrogens with one attached hydrogen (secondary N) is 1. The zero-order chi connectivity index (χ0) is 24.5. The molecule has 0 saturated heterocycles. The fraction of sp³-hybridized carbons (Fsp3) is 0.125. The van der Waals surface area contributed by atoms with Crippen LogP contribution in [-0.4, -0.2) is 49.7 Å². The van der Waals surface area contributed by atoms with Crippen molar-refractivity contribution in [2.45, 2.75) is 6.92 Å². The standard InChI is InChI=1S/C24H20ClN7O3/c1-14-10-21(29-24(33)18-9-8-17(34-2)11-20(18)35-3)32(30-14)23-19-12-28-31(22(19)26-13-27-23)16-6-4-15(25)5-7-16/h4-13H,1-3H3,(H,29,33). The quantitative estimate of drug-likeness (QED) is 0.380. The minimum absolute atomic E-state index is 0.349. The molecule has 2 aromatic carbocycles. The van der Waals surface area contributed by atoms with Crippen molar-refractivity contribution >= 4 is 34.4 Å². The first-order valence-electron chi connectivity index (χ1n) is 10.5. The van der Waals surface area contributed by atoms with Crippen LogP contribution in [0.5, 0.6) is 11.5 Å². The Labute approximate surface area is 205 Å². The summed E-state index contributed by atoms with van der Waals surface area (Å²) in [4.78, 5) is 22.0. The number of hydrogen-bond acceptors (Lipinski definition) is 7. The molecule has 11 heteroatoms. The van der Waals surface area contributed by atoms with Crippen molar-refractivity contribution in [1.29, 1.82) is 0 Å². The second kappa shape index (κ2) is 9.07. The molecule has 1 N–H and O–H groups in total. The molecule has 3 heterocycles. The number of amides is 1. The van der Waals surface area contributed by atoms with E-state index in [-0.39, 0.29) is 5.91 Å². The third-order valence-electron chi connectivity index (χ3n) is 5.34. The first-order chi connectivity index (χ1) is 17.0. The molecular weight excluding hydrogens is 470 g/mol. The fourth-order valence-corrected chi connectivity index (χ4v) is 3.82. The van der Waals surface area contributed by atoms with E-state index in [0.717, 1.165) is 5.69 Å². The highest BCUT2D eigenvalue weighted by atomic mass is 35.5. The average molecular weight is 490 g/mol. The van der Waals surface area contributed by atoms with Gasteiger partial charge in [-0.1, -0.05) is 11.6 Å². The normalized spacial score (nSPS) is 11.0. The molecule has 0 bridgehead atoms. The monoisotopic (exact) mass is 489 g/mol. The van der Waals surface area contributed by atoms with E-state index < -0.39 is 0 Å². The highest BCUT2D eigenvalue weighted by Gasteiger charge is 2.20. The van der Waals surface area contributed by atoms with Crippen LogP contribution in [0.3, 0.4) is 0 Å². The molecule has 0 aliphatic heterocycles. The lowest BCUT2D eigenvalue weighted by Crippen LogP contribution is -2.16. The molecule has 5 rings (SSSR count). The molecule has 0 radical (unpaired) electrons. The van der Waals surface area contributed by atoms with Gasteiger partial charge in [-0.25, -0.2) is 14.6 Å². The third kappa shape index (κ3) is 4.15. The van der Waals surface area contributed by atoms with Gasteiger partial charge in [0.05, 0.1) is 42.7 Å². The van der Waals surface area contributed by atoms with E-state index in [1.54, 1.807) is 59.1 Å². The van der Waals surface area contributed by atoms with Crippen LogP contribution in [0.15, 0.2) is 61.1 Å². The third-order valence-corrected chi connectivity index (χ3v) is 5.60. The summed E-state index contributed by atoms with van der Waals surface area (Å²) in [6.07, 6.45) is 3.09. The molecule has 0 spiro atoms. The lowest BCUT2D eigenvalue weighted by atomic mass is 10.1. The maximum atomic E-state index is 13.1. The first-order valence-corrected chi connectivity index (χ1v) is 10.9. The molecule has 10 nitrogen and oxygen atoms in total. The number of carbonyl (C=O) groups excluding carboxylic acids is 1. The van der Waals surface area contributed by atoms with Gasteiger partial charge in [-0.05, 0) is 43.3 Å². The number of hydrogen-bond donors (Lipinski definition) is 1. The van der Waals surface area contributed by atoms with E-state index in [0.29, 0.717) is 50.4 Å². The van der Waals surface area contributed by atoms with Crippen LogP contribution < -0.4 is 14.8 Å². The molecule has 0 aliphatic carbocycles. The number of benzene rings is 2. The van der Waals surface area contributed by atoms with Crippen molar-refractivity contribution in [3.05, 3.63) is 77.3 Å².